The summed E-state index contributed by atoms with van der Waals surface area (Å²) in [6.45, 7) is 4.98. The second-order valence-corrected chi connectivity index (χ2v) is 6.14. The van der Waals surface area contributed by atoms with Gasteiger partial charge in [0.15, 0.2) is 0 Å². The van der Waals surface area contributed by atoms with Gasteiger partial charge in [-0.2, -0.15) is 0 Å². The van der Waals surface area contributed by atoms with E-state index in [0.29, 0.717) is 6.61 Å². The van der Waals surface area contributed by atoms with Crippen molar-refractivity contribution in [3.05, 3.63) is 0 Å². The van der Waals surface area contributed by atoms with Gasteiger partial charge in [-0.05, 0) is 12.3 Å². The number of unbranched alkanes of at least 4 members (excludes halogenated alkanes) is 8. The molecule has 0 aliphatic carbocycles. The van der Waals surface area contributed by atoms with Crippen LogP contribution in [-0.2, 0) is 0 Å². The molecule has 1 atom stereocenters. The molecule has 0 amide bonds. The summed E-state index contributed by atoms with van der Waals surface area (Å²) in [5.74, 6) is 0.977. The molecule has 1 heteroatoms. The van der Waals surface area contributed by atoms with Crippen LogP contribution in [0, 0.1) is 5.92 Å². The third-order valence-electron chi connectivity index (χ3n) is 4.18. The predicted molar refractivity (Wildman–Crippen MR) is 86.6 cm³/mol. The molecular weight excluding hydrogens is 232 g/mol. The Hall–Kier alpha value is -0.0400. The van der Waals surface area contributed by atoms with E-state index >= 15 is 0 Å². The zero-order valence-electron chi connectivity index (χ0n) is 13.6. The first-order valence-corrected chi connectivity index (χ1v) is 8.96. The van der Waals surface area contributed by atoms with Gasteiger partial charge in [-0.15, -0.1) is 0 Å². The van der Waals surface area contributed by atoms with Crippen LogP contribution in [-0.4, -0.2) is 11.7 Å². The van der Waals surface area contributed by atoms with Crippen LogP contribution in [0.1, 0.15) is 104 Å². The summed E-state index contributed by atoms with van der Waals surface area (Å²) in [5.41, 5.74) is 0. The van der Waals surface area contributed by atoms with Crippen molar-refractivity contribution in [3.8, 4) is 0 Å². The van der Waals surface area contributed by atoms with Gasteiger partial charge in [0.25, 0.3) is 0 Å². The minimum absolute atomic E-state index is 0.371. The Morgan fingerprint density at radius 3 is 1.63 bits per heavy atom. The fourth-order valence-electron chi connectivity index (χ4n) is 2.95. The molecule has 0 saturated carbocycles. The smallest absolute Gasteiger partial charge is 0.0431 e. The van der Waals surface area contributed by atoms with Gasteiger partial charge in [0, 0.05) is 6.61 Å². The second kappa shape index (κ2) is 16.0. The highest BCUT2D eigenvalue weighted by Gasteiger charge is 2.07. The molecule has 0 radical (unpaired) electrons. The lowest BCUT2D eigenvalue weighted by molar-refractivity contribution is 0.280. The molecule has 1 unspecified atom stereocenters. The largest absolute Gasteiger partial charge is 0.396 e. The van der Waals surface area contributed by atoms with Crippen molar-refractivity contribution in [1.29, 1.82) is 0 Å². The first-order valence-electron chi connectivity index (χ1n) is 8.96. The Bertz CT molecular complexity index is 156. The maximum atomic E-state index is 8.76. The van der Waals surface area contributed by atoms with Crippen molar-refractivity contribution in [1.82, 2.24) is 0 Å². The molecular formula is C18H38O. The van der Waals surface area contributed by atoms with E-state index in [1.165, 1.54) is 83.5 Å². The molecule has 0 aliphatic rings. The van der Waals surface area contributed by atoms with Crippen molar-refractivity contribution in [2.45, 2.75) is 104 Å². The Morgan fingerprint density at radius 1 is 0.579 bits per heavy atom. The summed E-state index contributed by atoms with van der Waals surface area (Å²) < 4.78 is 0. The van der Waals surface area contributed by atoms with Crippen LogP contribution in [0.3, 0.4) is 0 Å². The third-order valence-corrected chi connectivity index (χ3v) is 4.18. The average molecular weight is 271 g/mol. The summed E-state index contributed by atoms with van der Waals surface area (Å²) in [4.78, 5) is 0. The molecule has 0 aromatic rings. The Labute approximate surface area is 122 Å². The number of aliphatic hydroxyl groups excluding tert-OH is 1. The minimum atomic E-state index is 0.371. The summed E-state index contributed by atoms with van der Waals surface area (Å²) in [6, 6.07) is 0. The molecule has 0 aromatic carbocycles. The fraction of sp³-hybridized carbons (Fsp3) is 1.00. The summed E-state index contributed by atoms with van der Waals surface area (Å²) in [6.07, 6.45) is 19.1. The van der Waals surface area contributed by atoms with E-state index < -0.39 is 0 Å². The monoisotopic (exact) mass is 270 g/mol. The van der Waals surface area contributed by atoms with Gasteiger partial charge in [0.05, 0.1) is 0 Å². The van der Waals surface area contributed by atoms with Crippen molar-refractivity contribution in [3.63, 3.8) is 0 Å². The first-order chi connectivity index (χ1) is 9.35. The average Bonchev–Trinajstić information content (AvgIpc) is 2.42. The van der Waals surface area contributed by atoms with Crippen LogP contribution in [0.5, 0.6) is 0 Å². The maximum Gasteiger partial charge on any atom is 0.0431 e. The third kappa shape index (κ3) is 14.2. The second-order valence-electron chi connectivity index (χ2n) is 6.14. The molecule has 0 aromatic heterocycles. The molecule has 0 rings (SSSR count). The molecule has 19 heavy (non-hydrogen) atoms. The van der Waals surface area contributed by atoms with Gasteiger partial charge in [0.1, 0.15) is 0 Å². The van der Waals surface area contributed by atoms with E-state index in [4.69, 9.17) is 5.11 Å². The van der Waals surface area contributed by atoms with E-state index in [0.717, 1.165) is 12.3 Å². The van der Waals surface area contributed by atoms with E-state index in [1.807, 2.05) is 0 Å². The summed E-state index contributed by atoms with van der Waals surface area (Å²) in [5, 5.41) is 8.76. The summed E-state index contributed by atoms with van der Waals surface area (Å²) in [7, 11) is 0. The van der Waals surface area contributed by atoms with Crippen LogP contribution in [0.4, 0.5) is 0 Å². The standard InChI is InChI=1S/C18H38O/c1-3-5-6-7-8-11-15-18(14-4-2)16-12-9-10-13-17-19/h18-19H,3-17H2,1-2H3. The van der Waals surface area contributed by atoms with E-state index in [9.17, 15) is 0 Å². The molecule has 116 valence electrons. The fourth-order valence-corrected chi connectivity index (χ4v) is 2.95. The van der Waals surface area contributed by atoms with Gasteiger partial charge in [-0.3, -0.25) is 0 Å². The topological polar surface area (TPSA) is 20.2 Å². The lowest BCUT2D eigenvalue weighted by atomic mass is 9.91. The van der Waals surface area contributed by atoms with E-state index in [2.05, 4.69) is 13.8 Å². The van der Waals surface area contributed by atoms with Crippen molar-refractivity contribution >= 4 is 0 Å². The van der Waals surface area contributed by atoms with Gasteiger partial charge in [0.2, 0.25) is 0 Å². The Morgan fingerprint density at radius 2 is 1.11 bits per heavy atom. The number of rotatable bonds is 15. The van der Waals surface area contributed by atoms with Crippen LogP contribution >= 0.6 is 0 Å². The normalized spacial score (nSPS) is 12.8. The highest BCUT2D eigenvalue weighted by molar-refractivity contribution is 4.60. The van der Waals surface area contributed by atoms with Crippen molar-refractivity contribution in [2.75, 3.05) is 6.61 Å². The molecule has 0 bridgehead atoms. The number of hydrogen-bond acceptors (Lipinski definition) is 1. The Balaban J connectivity index is 3.45. The zero-order valence-corrected chi connectivity index (χ0v) is 13.6. The van der Waals surface area contributed by atoms with Crippen LogP contribution < -0.4 is 0 Å². The molecule has 1 N–H and O–H groups in total. The first kappa shape index (κ1) is 19.0. The molecule has 1 nitrogen and oxygen atoms in total. The lowest BCUT2D eigenvalue weighted by Crippen LogP contribution is -2.00. The molecule has 0 saturated heterocycles. The van der Waals surface area contributed by atoms with E-state index in [1.54, 1.807) is 0 Å². The van der Waals surface area contributed by atoms with Crippen LogP contribution in [0.25, 0.3) is 0 Å². The van der Waals surface area contributed by atoms with E-state index in [-0.39, 0.29) is 0 Å². The highest BCUT2D eigenvalue weighted by Crippen LogP contribution is 2.22. The zero-order chi connectivity index (χ0) is 14.2. The lowest BCUT2D eigenvalue weighted by Gasteiger charge is -2.16. The molecule has 0 heterocycles. The van der Waals surface area contributed by atoms with Crippen molar-refractivity contribution in [2.24, 2.45) is 5.92 Å². The van der Waals surface area contributed by atoms with Gasteiger partial charge >= 0.3 is 0 Å². The SMILES string of the molecule is CCCCCCCCC(CCC)CCCCCCO. The number of aliphatic hydroxyl groups is 1. The van der Waals surface area contributed by atoms with Gasteiger partial charge in [-0.25, -0.2) is 0 Å². The quantitative estimate of drug-likeness (QED) is 0.357. The minimum Gasteiger partial charge on any atom is -0.396 e. The van der Waals surface area contributed by atoms with Crippen LogP contribution in [0.15, 0.2) is 0 Å². The molecule has 0 fully saturated rings. The highest BCUT2D eigenvalue weighted by atomic mass is 16.2. The summed E-state index contributed by atoms with van der Waals surface area (Å²) >= 11 is 0. The van der Waals surface area contributed by atoms with Crippen LogP contribution in [0.2, 0.25) is 0 Å². The van der Waals surface area contributed by atoms with Gasteiger partial charge < -0.3 is 5.11 Å². The predicted octanol–water partition coefficient (Wildman–Crippen LogP) is 6.10. The molecule has 0 spiro atoms. The van der Waals surface area contributed by atoms with Gasteiger partial charge in [-0.1, -0.05) is 97.3 Å². The maximum absolute atomic E-state index is 8.76. The van der Waals surface area contributed by atoms with Crippen molar-refractivity contribution < 1.29 is 5.11 Å². The number of hydrogen-bond donors (Lipinski definition) is 1. The Kier molecular flexibility index (Phi) is 16.0. The molecule has 0 aliphatic heterocycles.